The van der Waals surface area contributed by atoms with Gasteiger partial charge in [0.2, 0.25) is 10.0 Å². The molecule has 0 spiro atoms. The van der Waals surface area contributed by atoms with Crippen LogP contribution in [0, 0.1) is 0 Å². The number of sulfonamides is 1. The molecule has 28 heavy (non-hydrogen) atoms. The maximum Gasteiger partial charge on any atom is 0.243 e. The molecule has 1 atom stereocenters. The number of rotatable bonds is 5. The zero-order chi connectivity index (χ0) is 19.6. The molecule has 4 rings (SSSR count). The average molecular weight is 402 g/mol. The van der Waals surface area contributed by atoms with Crippen LogP contribution >= 0.6 is 0 Å². The van der Waals surface area contributed by atoms with Crippen molar-refractivity contribution >= 4 is 10.0 Å². The maximum atomic E-state index is 13.3. The Morgan fingerprint density at radius 2 is 1.96 bits per heavy atom. The van der Waals surface area contributed by atoms with E-state index in [0.29, 0.717) is 30.4 Å². The average Bonchev–Trinajstić information content (AvgIpc) is 2.74. The molecule has 6 nitrogen and oxygen atoms in total. The molecule has 2 aliphatic rings. The van der Waals surface area contributed by atoms with Gasteiger partial charge in [-0.2, -0.15) is 4.31 Å². The van der Waals surface area contributed by atoms with E-state index in [4.69, 9.17) is 4.74 Å². The van der Waals surface area contributed by atoms with Gasteiger partial charge >= 0.3 is 0 Å². The highest BCUT2D eigenvalue weighted by atomic mass is 32.2. The van der Waals surface area contributed by atoms with Crippen molar-refractivity contribution < 1.29 is 13.2 Å². The number of methoxy groups -OCH3 is 1. The first-order valence-corrected chi connectivity index (χ1v) is 11.4. The van der Waals surface area contributed by atoms with Crippen LogP contribution < -0.4 is 0 Å². The third-order valence-corrected chi connectivity index (χ3v) is 7.62. The third-order valence-electron chi connectivity index (χ3n) is 5.76. The van der Waals surface area contributed by atoms with Crippen molar-refractivity contribution in [2.45, 2.75) is 55.9 Å². The van der Waals surface area contributed by atoms with E-state index < -0.39 is 10.0 Å². The molecular weight excluding hydrogens is 374 g/mol. The maximum absolute atomic E-state index is 13.3. The lowest BCUT2D eigenvalue weighted by Crippen LogP contribution is -2.39. The molecule has 0 saturated carbocycles. The van der Waals surface area contributed by atoms with Crippen LogP contribution in [-0.2, 0) is 34.2 Å². The summed E-state index contributed by atoms with van der Waals surface area (Å²) < 4.78 is 33.3. The number of hydrogen-bond acceptors (Lipinski definition) is 5. The normalized spacial score (nSPS) is 20.7. The van der Waals surface area contributed by atoms with Gasteiger partial charge in [0, 0.05) is 38.0 Å². The van der Waals surface area contributed by atoms with E-state index in [9.17, 15) is 8.42 Å². The molecular formula is C21H27N3O3S. The van der Waals surface area contributed by atoms with Gasteiger partial charge in [0.15, 0.2) is 5.82 Å². The number of ether oxygens (including phenoxy) is 1. The summed E-state index contributed by atoms with van der Waals surface area (Å²) in [6.45, 7) is 1.38. The van der Waals surface area contributed by atoms with E-state index in [1.807, 2.05) is 18.2 Å². The smallest absolute Gasteiger partial charge is 0.243 e. The summed E-state index contributed by atoms with van der Waals surface area (Å²) in [5.74, 6) is 0.717. The summed E-state index contributed by atoms with van der Waals surface area (Å²) in [7, 11) is -1.88. The SMILES string of the molecule is COCc1nccc([C@@H]2CCCN(S(=O)(=O)c3ccc4c(c3)CCCC4)C2)n1. The Labute approximate surface area is 167 Å². The minimum Gasteiger partial charge on any atom is -0.377 e. The Balaban J connectivity index is 1.56. The van der Waals surface area contributed by atoms with Crippen LogP contribution in [0.4, 0.5) is 0 Å². The highest BCUT2D eigenvalue weighted by Crippen LogP contribution is 2.31. The topological polar surface area (TPSA) is 72.4 Å². The summed E-state index contributed by atoms with van der Waals surface area (Å²) in [6.07, 6.45) is 7.85. The van der Waals surface area contributed by atoms with Gasteiger partial charge < -0.3 is 4.74 Å². The number of aromatic nitrogens is 2. The molecule has 1 aliphatic heterocycles. The minimum atomic E-state index is -3.49. The first-order valence-electron chi connectivity index (χ1n) is 10.0. The van der Waals surface area contributed by atoms with Crippen molar-refractivity contribution in [3.8, 4) is 0 Å². The number of benzene rings is 1. The highest BCUT2D eigenvalue weighted by molar-refractivity contribution is 7.89. The number of fused-ring (bicyclic) bond motifs is 1. The molecule has 1 saturated heterocycles. The van der Waals surface area contributed by atoms with Crippen LogP contribution in [0.3, 0.4) is 0 Å². The number of hydrogen-bond donors (Lipinski definition) is 0. The molecule has 1 aromatic heterocycles. The van der Waals surface area contributed by atoms with Gasteiger partial charge in [0.05, 0.1) is 4.90 Å². The summed E-state index contributed by atoms with van der Waals surface area (Å²) in [5, 5.41) is 0. The van der Waals surface area contributed by atoms with Gasteiger partial charge in [-0.15, -0.1) is 0 Å². The van der Waals surface area contributed by atoms with Crippen LogP contribution in [0.15, 0.2) is 35.4 Å². The Morgan fingerprint density at radius 1 is 1.14 bits per heavy atom. The zero-order valence-corrected chi connectivity index (χ0v) is 17.1. The summed E-state index contributed by atoms with van der Waals surface area (Å²) in [6, 6.07) is 7.57. The van der Waals surface area contributed by atoms with E-state index in [1.165, 1.54) is 17.5 Å². The van der Waals surface area contributed by atoms with Gasteiger partial charge in [-0.3, -0.25) is 0 Å². The molecule has 1 aromatic carbocycles. The highest BCUT2D eigenvalue weighted by Gasteiger charge is 2.32. The van der Waals surface area contributed by atoms with Crippen molar-refractivity contribution in [2.24, 2.45) is 0 Å². The molecule has 150 valence electrons. The van der Waals surface area contributed by atoms with Crippen molar-refractivity contribution in [3.63, 3.8) is 0 Å². The lowest BCUT2D eigenvalue weighted by atomic mass is 9.92. The predicted molar refractivity (Wildman–Crippen MR) is 107 cm³/mol. The van der Waals surface area contributed by atoms with Crippen molar-refractivity contribution in [2.75, 3.05) is 20.2 Å². The second-order valence-corrected chi connectivity index (χ2v) is 9.61. The van der Waals surface area contributed by atoms with Crippen LogP contribution in [-0.4, -0.2) is 42.9 Å². The van der Waals surface area contributed by atoms with E-state index in [0.717, 1.165) is 37.8 Å². The molecule has 0 N–H and O–H groups in total. The predicted octanol–water partition coefficient (Wildman–Crippen LogP) is 3.07. The lowest BCUT2D eigenvalue weighted by molar-refractivity contribution is 0.177. The molecule has 2 aromatic rings. The number of nitrogens with zero attached hydrogens (tertiary/aromatic N) is 3. The molecule has 0 radical (unpaired) electrons. The van der Waals surface area contributed by atoms with E-state index >= 15 is 0 Å². The van der Waals surface area contributed by atoms with E-state index in [2.05, 4.69) is 9.97 Å². The minimum absolute atomic E-state index is 0.0831. The second-order valence-electron chi connectivity index (χ2n) is 7.67. The van der Waals surface area contributed by atoms with Gasteiger partial charge in [0.25, 0.3) is 0 Å². The quantitative estimate of drug-likeness (QED) is 0.770. The van der Waals surface area contributed by atoms with Gasteiger partial charge in [-0.1, -0.05) is 6.07 Å². The Bertz CT molecular complexity index is 946. The molecule has 0 bridgehead atoms. The Hall–Kier alpha value is -1.83. The molecule has 7 heteroatoms. The Kier molecular flexibility index (Phi) is 5.75. The van der Waals surface area contributed by atoms with Crippen molar-refractivity contribution in [1.82, 2.24) is 14.3 Å². The summed E-state index contributed by atoms with van der Waals surface area (Å²) >= 11 is 0. The second kappa shape index (κ2) is 8.27. The third kappa shape index (κ3) is 3.97. The van der Waals surface area contributed by atoms with E-state index in [1.54, 1.807) is 23.7 Å². The summed E-state index contributed by atoms with van der Waals surface area (Å²) in [4.78, 5) is 9.22. The van der Waals surface area contributed by atoms with E-state index in [-0.39, 0.29) is 5.92 Å². The van der Waals surface area contributed by atoms with Crippen molar-refractivity contribution in [1.29, 1.82) is 0 Å². The molecule has 2 heterocycles. The number of piperidine rings is 1. The fourth-order valence-electron chi connectivity index (χ4n) is 4.26. The molecule has 0 amide bonds. The van der Waals surface area contributed by atoms with Crippen LogP contribution in [0.5, 0.6) is 0 Å². The fourth-order valence-corrected chi connectivity index (χ4v) is 5.84. The van der Waals surface area contributed by atoms with Crippen LogP contribution in [0.25, 0.3) is 0 Å². The zero-order valence-electron chi connectivity index (χ0n) is 16.3. The van der Waals surface area contributed by atoms with Gasteiger partial charge in [0.1, 0.15) is 6.61 Å². The monoisotopic (exact) mass is 401 g/mol. The lowest BCUT2D eigenvalue weighted by Gasteiger charge is -2.32. The summed E-state index contributed by atoms with van der Waals surface area (Å²) in [5.41, 5.74) is 3.39. The first kappa shape index (κ1) is 19.5. The molecule has 1 fully saturated rings. The van der Waals surface area contributed by atoms with Crippen molar-refractivity contribution in [3.05, 3.63) is 53.1 Å². The van der Waals surface area contributed by atoms with Crippen LogP contribution in [0.1, 0.15) is 54.2 Å². The van der Waals surface area contributed by atoms with Crippen LogP contribution in [0.2, 0.25) is 0 Å². The van der Waals surface area contributed by atoms with Gasteiger partial charge in [-0.25, -0.2) is 18.4 Å². The largest absolute Gasteiger partial charge is 0.377 e. The Morgan fingerprint density at radius 3 is 2.79 bits per heavy atom. The van der Waals surface area contributed by atoms with Gasteiger partial charge in [-0.05, 0) is 67.9 Å². The molecule has 1 aliphatic carbocycles. The first-order chi connectivity index (χ1) is 13.6. The fraction of sp³-hybridized carbons (Fsp3) is 0.524. The number of aryl methyl sites for hydroxylation is 2. The standard InChI is InChI=1S/C21H27N3O3S/c1-27-15-21-22-11-10-20(23-21)18-7-4-12-24(14-18)28(25,26)19-9-8-16-5-2-3-6-17(16)13-19/h8-11,13,18H,2-7,12,14-15H2,1H3/t18-/m1/s1. The molecule has 0 unspecified atom stereocenters.